The summed E-state index contributed by atoms with van der Waals surface area (Å²) in [5.74, 6) is -0.633. The minimum Gasteiger partial charge on any atom is -0.442 e. The average Bonchev–Trinajstić information content (AvgIpc) is 3.42. The summed E-state index contributed by atoms with van der Waals surface area (Å²) in [5, 5.41) is 9.57. The Morgan fingerprint density at radius 1 is 1.19 bits per heavy atom. The second kappa shape index (κ2) is 9.61. The molecule has 0 bridgehead atoms. The van der Waals surface area contributed by atoms with E-state index in [0.717, 1.165) is 16.7 Å². The number of amides is 2. The summed E-state index contributed by atoms with van der Waals surface area (Å²) >= 11 is 0. The van der Waals surface area contributed by atoms with Crippen LogP contribution in [0.3, 0.4) is 0 Å². The number of cyclic esters (lactones) is 1. The van der Waals surface area contributed by atoms with Gasteiger partial charge in [-0.05, 0) is 29.3 Å². The van der Waals surface area contributed by atoms with Crippen LogP contribution in [0.2, 0.25) is 0 Å². The van der Waals surface area contributed by atoms with Crippen molar-refractivity contribution in [1.82, 2.24) is 15.8 Å². The van der Waals surface area contributed by atoms with Crippen LogP contribution in [0.25, 0.3) is 11.1 Å². The summed E-state index contributed by atoms with van der Waals surface area (Å²) in [6, 6.07) is 12.3. The van der Waals surface area contributed by atoms with Crippen molar-refractivity contribution >= 4 is 17.7 Å². The topological polar surface area (TPSA) is 96.7 Å². The summed E-state index contributed by atoms with van der Waals surface area (Å²) < 4.78 is 24.9. The number of aromatic nitrogens is 1. The van der Waals surface area contributed by atoms with E-state index in [1.54, 1.807) is 24.6 Å². The van der Waals surface area contributed by atoms with Gasteiger partial charge in [0.25, 0.3) is 0 Å². The van der Waals surface area contributed by atoms with Crippen LogP contribution in [0.15, 0.2) is 59.4 Å². The van der Waals surface area contributed by atoms with E-state index in [1.807, 2.05) is 24.3 Å². The minimum absolute atomic E-state index is 0.202. The highest BCUT2D eigenvalue weighted by Gasteiger charge is 2.32. The van der Waals surface area contributed by atoms with E-state index in [1.165, 1.54) is 17.9 Å². The quantitative estimate of drug-likeness (QED) is 0.561. The molecule has 0 unspecified atom stereocenters. The number of ether oxygens (including phenoxy) is 1. The van der Waals surface area contributed by atoms with Crippen molar-refractivity contribution in [2.24, 2.45) is 0 Å². The molecule has 1 saturated heterocycles. The number of carbonyl (C=O) groups excluding carboxylic acids is 2. The van der Waals surface area contributed by atoms with Gasteiger partial charge >= 0.3 is 6.09 Å². The van der Waals surface area contributed by atoms with Crippen molar-refractivity contribution in [3.63, 3.8) is 0 Å². The summed E-state index contributed by atoms with van der Waals surface area (Å²) in [7, 11) is 0. The number of benzene rings is 2. The summed E-state index contributed by atoms with van der Waals surface area (Å²) in [5.41, 5.74) is 3.62. The second-order valence-electron chi connectivity index (χ2n) is 7.55. The fourth-order valence-electron chi connectivity index (χ4n) is 3.47. The maximum absolute atomic E-state index is 14.9. The molecule has 0 aliphatic carbocycles. The first kappa shape index (κ1) is 21.5. The third-order valence-electron chi connectivity index (χ3n) is 5.12. The maximum Gasteiger partial charge on any atom is 0.414 e. The number of nitrogens with one attached hydrogen (secondary N) is 2. The van der Waals surface area contributed by atoms with E-state index in [0.29, 0.717) is 24.3 Å². The number of hydrogen-bond donors (Lipinski definition) is 2. The average molecular weight is 438 g/mol. The van der Waals surface area contributed by atoms with Gasteiger partial charge in [0.2, 0.25) is 5.91 Å². The van der Waals surface area contributed by atoms with Gasteiger partial charge < -0.3 is 19.9 Å². The van der Waals surface area contributed by atoms with Crippen LogP contribution < -0.4 is 15.5 Å². The van der Waals surface area contributed by atoms with E-state index in [9.17, 15) is 14.0 Å². The number of halogens is 1. The molecule has 4 rings (SSSR count). The number of anilines is 1. The Hall–Kier alpha value is -3.72. The zero-order chi connectivity index (χ0) is 22.5. The third-order valence-corrected chi connectivity index (χ3v) is 5.12. The zero-order valence-corrected chi connectivity index (χ0v) is 17.5. The molecule has 2 amide bonds. The molecule has 1 aliphatic heterocycles. The van der Waals surface area contributed by atoms with Crippen LogP contribution in [0, 0.1) is 5.82 Å². The van der Waals surface area contributed by atoms with Crippen LogP contribution in [-0.2, 0) is 22.6 Å². The van der Waals surface area contributed by atoms with Gasteiger partial charge in [0.15, 0.2) is 0 Å². The van der Waals surface area contributed by atoms with Crippen LogP contribution >= 0.6 is 0 Å². The molecule has 1 aliphatic rings. The Bertz CT molecular complexity index is 1090. The molecule has 1 fully saturated rings. The lowest BCUT2D eigenvalue weighted by atomic mass is 10.0. The van der Waals surface area contributed by atoms with Gasteiger partial charge in [-0.2, -0.15) is 0 Å². The van der Waals surface area contributed by atoms with Crippen molar-refractivity contribution in [2.75, 3.05) is 18.0 Å². The van der Waals surface area contributed by atoms with E-state index < -0.39 is 18.0 Å². The highest BCUT2D eigenvalue weighted by atomic mass is 19.1. The summed E-state index contributed by atoms with van der Waals surface area (Å²) in [6.45, 7) is 3.16. The molecule has 0 radical (unpaired) electrons. The first-order valence-electron chi connectivity index (χ1n) is 10.2. The van der Waals surface area contributed by atoms with Gasteiger partial charge in [-0.25, -0.2) is 9.18 Å². The van der Waals surface area contributed by atoms with Crippen molar-refractivity contribution < 1.29 is 23.2 Å². The molecule has 0 spiro atoms. The minimum atomic E-state index is -0.560. The normalized spacial score (nSPS) is 15.6. The lowest BCUT2D eigenvalue weighted by Gasteiger charge is -2.15. The van der Waals surface area contributed by atoms with E-state index >= 15 is 0 Å². The molecule has 0 saturated carbocycles. The predicted octanol–water partition coefficient (Wildman–Crippen LogP) is 3.23. The SMILES string of the molecule is CC(=O)NC[C@H]1CN(c2ccc(-c3ccc(CNCc4cnoc4)cc3)c(F)c2)C(=O)O1. The maximum atomic E-state index is 14.9. The Morgan fingerprint density at radius 2 is 1.97 bits per heavy atom. The molecule has 3 aromatic rings. The molecule has 2 N–H and O–H groups in total. The van der Waals surface area contributed by atoms with E-state index in [-0.39, 0.29) is 19.0 Å². The Kier molecular flexibility index (Phi) is 6.46. The summed E-state index contributed by atoms with van der Waals surface area (Å²) in [4.78, 5) is 24.6. The van der Waals surface area contributed by atoms with Gasteiger partial charge in [0, 0.05) is 31.1 Å². The molecule has 9 heteroatoms. The largest absolute Gasteiger partial charge is 0.442 e. The number of nitrogens with zero attached hydrogens (tertiary/aromatic N) is 2. The smallest absolute Gasteiger partial charge is 0.414 e. The van der Waals surface area contributed by atoms with Crippen LogP contribution in [0.1, 0.15) is 18.1 Å². The van der Waals surface area contributed by atoms with Gasteiger partial charge in [0.1, 0.15) is 18.2 Å². The Morgan fingerprint density at radius 3 is 2.66 bits per heavy atom. The summed E-state index contributed by atoms with van der Waals surface area (Å²) in [6.07, 6.45) is 2.22. The van der Waals surface area contributed by atoms with Gasteiger partial charge in [-0.15, -0.1) is 0 Å². The molecule has 166 valence electrons. The number of rotatable bonds is 8. The lowest BCUT2D eigenvalue weighted by Crippen LogP contribution is -2.33. The molecule has 2 heterocycles. The Labute approximate surface area is 184 Å². The molecule has 1 atom stereocenters. The highest BCUT2D eigenvalue weighted by molar-refractivity contribution is 5.90. The van der Waals surface area contributed by atoms with Crippen LogP contribution in [0.5, 0.6) is 0 Å². The fraction of sp³-hybridized carbons (Fsp3) is 0.261. The van der Waals surface area contributed by atoms with Crippen LogP contribution in [0.4, 0.5) is 14.9 Å². The van der Waals surface area contributed by atoms with Crippen molar-refractivity contribution in [2.45, 2.75) is 26.1 Å². The zero-order valence-electron chi connectivity index (χ0n) is 17.5. The monoisotopic (exact) mass is 438 g/mol. The number of hydrogen-bond acceptors (Lipinski definition) is 6. The Balaban J connectivity index is 1.38. The van der Waals surface area contributed by atoms with Gasteiger partial charge in [-0.3, -0.25) is 9.69 Å². The second-order valence-corrected chi connectivity index (χ2v) is 7.55. The van der Waals surface area contributed by atoms with E-state index in [2.05, 4.69) is 15.8 Å². The highest BCUT2D eigenvalue weighted by Crippen LogP contribution is 2.29. The molecule has 32 heavy (non-hydrogen) atoms. The third kappa shape index (κ3) is 5.12. The number of carbonyl (C=O) groups is 2. The van der Waals surface area contributed by atoms with Gasteiger partial charge in [0.05, 0.1) is 25.0 Å². The van der Waals surface area contributed by atoms with E-state index in [4.69, 9.17) is 9.26 Å². The van der Waals surface area contributed by atoms with Crippen molar-refractivity contribution in [1.29, 1.82) is 0 Å². The fourth-order valence-corrected chi connectivity index (χ4v) is 3.47. The molecule has 1 aromatic heterocycles. The van der Waals surface area contributed by atoms with Gasteiger partial charge in [-0.1, -0.05) is 29.4 Å². The van der Waals surface area contributed by atoms with Crippen molar-refractivity contribution in [3.8, 4) is 11.1 Å². The molecular weight excluding hydrogens is 415 g/mol. The molecule has 8 nitrogen and oxygen atoms in total. The molecule has 2 aromatic carbocycles. The van der Waals surface area contributed by atoms with Crippen molar-refractivity contribution in [3.05, 3.63) is 71.9 Å². The first-order chi connectivity index (χ1) is 15.5. The lowest BCUT2D eigenvalue weighted by molar-refractivity contribution is -0.119. The molecular formula is C23H23FN4O4. The predicted molar refractivity (Wildman–Crippen MR) is 115 cm³/mol. The first-order valence-corrected chi connectivity index (χ1v) is 10.2. The standard InChI is InChI=1S/C23H23FN4O4/c1-15(29)26-12-20-13-28(23(30)32-20)19-6-7-21(22(24)8-19)18-4-2-16(3-5-18)9-25-10-17-11-27-31-14-17/h2-8,11,14,20,25H,9-10,12-13H2,1H3,(H,26,29)/t20-/m0/s1. The van der Waals surface area contributed by atoms with Crippen LogP contribution in [-0.4, -0.2) is 36.4 Å².